The predicted molar refractivity (Wildman–Crippen MR) is 97.2 cm³/mol. The maximum absolute atomic E-state index is 12.3. The van der Waals surface area contributed by atoms with Crippen LogP contribution in [0.25, 0.3) is 0 Å². The van der Waals surface area contributed by atoms with Crippen LogP contribution in [-0.2, 0) is 20.3 Å². The molecule has 0 saturated heterocycles. The van der Waals surface area contributed by atoms with Crippen LogP contribution >= 0.6 is 0 Å². The lowest BCUT2D eigenvalue weighted by molar-refractivity contribution is -0.127. The molecule has 0 aromatic heterocycles. The smallest absolute Gasteiger partial charge is 0.340 e. The molecule has 0 bridgehead atoms. The molecule has 0 heterocycles. The summed E-state index contributed by atoms with van der Waals surface area (Å²) in [6.07, 6.45) is 5.39. The number of urea groups is 1. The second-order valence-electron chi connectivity index (χ2n) is 6.30. The Bertz CT molecular complexity index is 701. The van der Waals surface area contributed by atoms with E-state index < -0.39 is 34.8 Å². The topological polar surface area (TPSA) is 102 Å². The average molecular weight is 380 g/mol. The molecule has 2 atom stereocenters. The summed E-state index contributed by atoms with van der Waals surface area (Å²) in [6, 6.07) is 5.82. The van der Waals surface area contributed by atoms with E-state index in [1.165, 1.54) is 19.2 Å². The van der Waals surface area contributed by atoms with Crippen molar-refractivity contribution in [2.45, 2.75) is 56.1 Å². The van der Waals surface area contributed by atoms with Gasteiger partial charge in [0.25, 0.3) is 5.91 Å². The Balaban J connectivity index is 1.89. The van der Waals surface area contributed by atoms with Crippen molar-refractivity contribution in [3.63, 3.8) is 0 Å². The van der Waals surface area contributed by atoms with Gasteiger partial charge in [0.05, 0.1) is 21.3 Å². The highest BCUT2D eigenvalue weighted by Crippen LogP contribution is 2.17. The van der Waals surface area contributed by atoms with Gasteiger partial charge < -0.3 is 10.1 Å². The van der Waals surface area contributed by atoms with Crippen LogP contribution in [0.2, 0.25) is 0 Å². The number of rotatable bonds is 5. The first-order chi connectivity index (χ1) is 12.4. The molecular formula is C18H24N2O5S. The van der Waals surface area contributed by atoms with E-state index in [2.05, 4.69) is 10.6 Å². The summed E-state index contributed by atoms with van der Waals surface area (Å²) in [7, 11) is -1.37. The third-order valence-electron chi connectivity index (χ3n) is 4.25. The van der Waals surface area contributed by atoms with Crippen molar-refractivity contribution in [2.24, 2.45) is 0 Å². The molecule has 1 aliphatic carbocycles. The van der Waals surface area contributed by atoms with Gasteiger partial charge in [-0.15, -0.1) is 0 Å². The standard InChI is InChI=1S/C18H24N2O5S/c1-12(16(21)20-18(23)19-13-8-4-3-5-9-13)25-17(22)14-10-6-7-11-15(14)26(2)24/h6-7,10-13H,3-5,8-9H2,1-2H3,(H2,19,20,21,23)/t12-,26-/m1/s1. The van der Waals surface area contributed by atoms with Crippen LogP contribution in [0.1, 0.15) is 49.4 Å². The molecule has 2 N–H and O–H groups in total. The number of imide groups is 1. The minimum atomic E-state index is -1.37. The van der Waals surface area contributed by atoms with E-state index in [-0.39, 0.29) is 11.6 Å². The fourth-order valence-corrected chi connectivity index (χ4v) is 3.58. The van der Waals surface area contributed by atoms with E-state index >= 15 is 0 Å². The van der Waals surface area contributed by atoms with E-state index in [1.54, 1.807) is 18.2 Å². The number of carbonyl (C=O) groups excluding carboxylic acids is 3. The maximum Gasteiger partial charge on any atom is 0.340 e. The monoisotopic (exact) mass is 380 g/mol. The van der Waals surface area contributed by atoms with E-state index in [1.807, 2.05) is 0 Å². The second-order valence-corrected chi connectivity index (χ2v) is 7.64. The Morgan fingerprint density at radius 3 is 2.46 bits per heavy atom. The Hall–Kier alpha value is -2.22. The van der Waals surface area contributed by atoms with Crippen molar-refractivity contribution in [3.8, 4) is 0 Å². The van der Waals surface area contributed by atoms with Crippen LogP contribution < -0.4 is 10.6 Å². The fourth-order valence-electron chi connectivity index (χ4n) is 2.85. The van der Waals surface area contributed by atoms with Crippen molar-refractivity contribution in [2.75, 3.05) is 6.26 Å². The van der Waals surface area contributed by atoms with Gasteiger partial charge >= 0.3 is 12.0 Å². The normalized spacial score (nSPS) is 17.0. The Kier molecular flexibility index (Phi) is 7.32. The number of hydrogen-bond donors (Lipinski definition) is 2. The highest BCUT2D eigenvalue weighted by atomic mass is 32.2. The number of ether oxygens (including phenoxy) is 1. The van der Waals surface area contributed by atoms with E-state index in [4.69, 9.17) is 4.74 Å². The molecule has 0 spiro atoms. The molecule has 26 heavy (non-hydrogen) atoms. The lowest BCUT2D eigenvalue weighted by atomic mass is 9.96. The summed E-state index contributed by atoms with van der Waals surface area (Å²) in [5.41, 5.74) is 0.139. The van der Waals surface area contributed by atoms with Gasteiger partial charge in [0.2, 0.25) is 0 Å². The molecule has 1 aromatic rings. The van der Waals surface area contributed by atoms with Crippen molar-refractivity contribution in [1.82, 2.24) is 10.6 Å². The molecular weight excluding hydrogens is 356 g/mol. The first kappa shape index (κ1) is 20.1. The third-order valence-corrected chi connectivity index (χ3v) is 5.22. The molecule has 1 aliphatic rings. The largest absolute Gasteiger partial charge is 0.449 e. The molecule has 0 radical (unpaired) electrons. The lowest BCUT2D eigenvalue weighted by Gasteiger charge is -2.23. The number of benzene rings is 1. The Labute approximate surface area is 155 Å². The molecule has 7 nitrogen and oxygen atoms in total. The van der Waals surface area contributed by atoms with Gasteiger partial charge in [-0.25, -0.2) is 9.59 Å². The van der Waals surface area contributed by atoms with Crippen molar-refractivity contribution in [1.29, 1.82) is 0 Å². The molecule has 8 heteroatoms. The molecule has 142 valence electrons. The van der Waals surface area contributed by atoms with Gasteiger partial charge in [0.15, 0.2) is 6.10 Å². The number of nitrogens with one attached hydrogen (secondary N) is 2. The quantitative estimate of drug-likeness (QED) is 0.762. The van der Waals surface area contributed by atoms with E-state index in [0.717, 1.165) is 32.1 Å². The van der Waals surface area contributed by atoms with Gasteiger partial charge in [-0.2, -0.15) is 0 Å². The summed E-state index contributed by atoms with van der Waals surface area (Å²) in [5.74, 6) is -1.46. The number of carbonyl (C=O) groups is 3. The molecule has 1 fully saturated rings. The zero-order valence-electron chi connectivity index (χ0n) is 14.9. The summed E-state index contributed by atoms with van der Waals surface area (Å²) < 4.78 is 16.8. The van der Waals surface area contributed by atoms with Crippen LogP contribution in [0.3, 0.4) is 0 Å². The average Bonchev–Trinajstić information content (AvgIpc) is 2.62. The van der Waals surface area contributed by atoms with Crippen molar-refractivity contribution < 1.29 is 23.3 Å². The minimum absolute atomic E-state index is 0.0702. The van der Waals surface area contributed by atoms with E-state index in [9.17, 15) is 18.6 Å². The molecule has 2 rings (SSSR count). The van der Waals surface area contributed by atoms with Gasteiger partial charge in [-0.3, -0.25) is 14.3 Å². The summed E-state index contributed by atoms with van der Waals surface area (Å²) in [6.45, 7) is 1.38. The van der Waals surface area contributed by atoms with Crippen LogP contribution in [0.4, 0.5) is 4.79 Å². The van der Waals surface area contributed by atoms with Gasteiger partial charge in [0.1, 0.15) is 0 Å². The second kappa shape index (κ2) is 9.47. The zero-order chi connectivity index (χ0) is 19.1. The van der Waals surface area contributed by atoms with Crippen molar-refractivity contribution in [3.05, 3.63) is 29.8 Å². The highest BCUT2D eigenvalue weighted by Gasteiger charge is 2.24. The first-order valence-corrected chi connectivity index (χ1v) is 10.2. The van der Waals surface area contributed by atoms with Crippen LogP contribution in [-0.4, -0.2) is 40.5 Å². The van der Waals surface area contributed by atoms with Gasteiger partial charge in [0, 0.05) is 12.3 Å². The predicted octanol–water partition coefficient (Wildman–Crippen LogP) is 2.13. The molecule has 3 amide bonds. The summed E-state index contributed by atoms with van der Waals surface area (Å²) >= 11 is 0. The van der Waals surface area contributed by atoms with Crippen LogP contribution in [0, 0.1) is 0 Å². The molecule has 0 aliphatic heterocycles. The Morgan fingerprint density at radius 2 is 1.81 bits per heavy atom. The Morgan fingerprint density at radius 1 is 1.15 bits per heavy atom. The molecule has 0 unspecified atom stereocenters. The fraction of sp³-hybridized carbons (Fsp3) is 0.500. The van der Waals surface area contributed by atoms with E-state index in [0.29, 0.717) is 4.90 Å². The summed E-state index contributed by atoms with van der Waals surface area (Å²) in [5, 5.41) is 4.96. The number of esters is 1. The number of hydrogen-bond acceptors (Lipinski definition) is 5. The molecule has 1 saturated carbocycles. The SMILES string of the molecule is C[C@@H](OC(=O)c1ccccc1[S@@](C)=O)C(=O)NC(=O)NC1CCCCC1. The van der Waals surface area contributed by atoms with Crippen LogP contribution in [0.5, 0.6) is 0 Å². The first-order valence-electron chi connectivity index (χ1n) is 8.63. The third kappa shape index (κ3) is 5.66. The molecule has 1 aromatic carbocycles. The van der Waals surface area contributed by atoms with Gasteiger partial charge in [-0.05, 0) is 31.9 Å². The van der Waals surface area contributed by atoms with Crippen molar-refractivity contribution >= 4 is 28.7 Å². The minimum Gasteiger partial charge on any atom is -0.449 e. The lowest BCUT2D eigenvalue weighted by Crippen LogP contribution is -2.48. The summed E-state index contributed by atoms with van der Waals surface area (Å²) in [4.78, 5) is 36.6. The number of amides is 3. The van der Waals surface area contributed by atoms with Gasteiger partial charge in [-0.1, -0.05) is 31.4 Å². The highest BCUT2D eigenvalue weighted by molar-refractivity contribution is 7.84. The maximum atomic E-state index is 12.3. The zero-order valence-corrected chi connectivity index (χ0v) is 15.8. The van der Waals surface area contributed by atoms with Crippen LogP contribution in [0.15, 0.2) is 29.2 Å².